The molecule has 0 bridgehead atoms. The molecule has 2 atom stereocenters. The fourth-order valence-electron chi connectivity index (χ4n) is 2.51. The molecule has 2 fully saturated rings. The molecule has 0 spiro atoms. The van der Waals surface area contributed by atoms with E-state index in [4.69, 9.17) is 0 Å². The third kappa shape index (κ3) is 3.78. The fraction of sp³-hybridized carbons (Fsp3) is 0.923. The summed E-state index contributed by atoms with van der Waals surface area (Å²) < 4.78 is 0. The highest BCUT2D eigenvalue weighted by atomic mass is 16.1. The molecule has 0 aromatic carbocycles. The van der Waals surface area contributed by atoms with Crippen molar-refractivity contribution in [2.75, 3.05) is 6.54 Å². The van der Waals surface area contributed by atoms with Gasteiger partial charge in [-0.05, 0) is 44.6 Å². The first kappa shape index (κ1) is 11.9. The summed E-state index contributed by atoms with van der Waals surface area (Å²) in [5, 5.41) is 6.60. The summed E-state index contributed by atoms with van der Waals surface area (Å²) in [6, 6.07) is 1.21. The number of hydrogen-bond acceptors (Lipinski definition) is 2. The van der Waals surface area contributed by atoms with E-state index in [1.165, 1.54) is 32.1 Å². The maximum atomic E-state index is 11.4. The molecule has 2 unspecified atom stereocenters. The van der Waals surface area contributed by atoms with Gasteiger partial charge in [0.05, 0.1) is 0 Å². The van der Waals surface area contributed by atoms with Crippen LogP contribution < -0.4 is 10.6 Å². The highest BCUT2D eigenvalue weighted by molar-refractivity contribution is 5.76. The van der Waals surface area contributed by atoms with Gasteiger partial charge in [0.25, 0.3) is 0 Å². The predicted molar refractivity (Wildman–Crippen MR) is 65.2 cm³/mol. The summed E-state index contributed by atoms with van der Waals surface area (Å²) in [6.07, 6.45) is 8.07. The fourth-order valence-corrected chi connectivity index (χ4v) is 2.51. The standard InChI is InChI=1S/C13H24N2O/c1-10-4-2-5-12(10)14-9-3-6-13(16)15-11-7-8-11/h10-12,14H,2-9H2,1H3,(H,15,16). The Labute approximate surface area is 98.4 Å². The first-order chi connectivity index (χ1) is 7.75. The molecule has 2 saturated carbocycles. The Morgan fingerprint density at radius 3 is 2.69 bits per heavy atom. The van der Waals surface area contributed by atoms with Crippen molar-refractivity contribution in [3.8, 4) is 0 Å². The smallest absolute Gasteiger partial charge is 0.220 e. The number of carbonyl (C=O) groups is 1. The summed E-state index contributed by atoms with van der Waals surface area (Å²) in [5.41, 5.74) is 0. The van der Waals surface area contributed by atoms with Crippen LogP contribution in [0.4, 0.5) is 0 Å². The molecule has 2 aliphatic rings. The molecule has 16 heavy (non-hydrogen) atoms. The van der Waals surface area contributed by atoms with Crippen molar-refractivity contribution >= 4 is 5.91 Å². The van der Waals surface area contributed by atoms with Crippen LogP contribution in [0.15, 0.2) is 0 Å². The second-order valence-corrected chi connectivity index (χ2v) is 5.41. The van der Waals surface area contributed by atoms with E-state index in [0.29, 0.717) is 18.5 Å². The van der Waals surface area contributed by atoms with Crippen molar-refractivity contribution in [1.29, 1.82) is 0 Å². The molecule has 0 radical (unpaired) electrons. The quantitative estimate of drug-likeness (QED) is 0.676. The van der Waals surface area contributed by atoms with Gasteiger partial charge in [-0.2, -0.15) is 0 Å². The Hall–Kier alpha value is -0.570. The predicted octanol–water partition coefficient (Wildman–Crippen LogP) is 1.82. The Bertz CT molecular complexity index is 238. The molecular weight excluding hydrogens is 200 g/mol. The number of amides is 1. The zero-order chi connectivity index (χ0) is 11.4. The Balaban J connectivity index is 1.49. The van der Waals surface area contributed by atoms with E-state index in [2.05, 4.69) is 17.6 Å². The minimum absolute atomic E-state index is 0.240. The largest absolute Gasteiger partial charge is 0.353 e. The number of nitrogens with one attached hydrogen (secondary N) is 2. The van der Waals surface area contributed by atoms with Gasteiger partial charge >= 0.3 is 0 Å². The van der Waals surface area contributed by atoms with Crippen molar-refractivity contribution in [3.63, 3.8) is 0 Å². The summed E-state index contributed by atoms with van der Waals surface area (Å²) in [6.45, 7) is 3.32. The van der Waals surface area contributed by atoms with Crippen molar-refractivity contribution in [3.05, 3.63) is 0 Å². The van der Waals surface area contributed by atoms with Crippen LogP contribution in [-0.2, 0) is 4.79 Å². The molecule has 0 aromatic heterocycles. The monoisotopic (exact) mass is 224 g/mol. The molecule has 2 rings (SSSR count). The van der Waals surface area contributed by atoms with E-state index in [1.54, 1.807) is 0 Å². The summed E-state index contributed by atoms with van der Waals surface area (Å²) >= 11 is 0. The van der Waals surface area contributed by atoms with Gasteiger partial charge in [-0.1, -0.05) is 13.3 Å². The maximum Gasteiger partial charge on any atom is 0.220 e. The lowest BCUT2D eigenvalue weighted by Crippen LogP contribution is -2.33. The van der Waals surface area contributed by atoms with Crippen molar-refractivity contribution in [2.45, 2.75) is 64.0 Å². The summed E-state index contributed by atoms with van der Waals surface area (Å²) in [5.74, 6) is 1.06. The van der Waals surface area contributed by atoms with Crippen molar-refractivity contribution < 1.29 is 4.79 Å². The van der Waals surface area contributed by atoms with E-state index in [1.807, 2.05) is 0 Å². The Kier molecular flexibility index (Phi) is 4.22. The highest BCUT2D eigenvalue weighted by Gasteiger charge is 2.23. The van der Waals surface area contributed by atoms with Crippen LogP contribution >= 0.6 is 0 Å². The van der Waals surface area contributed by atoms with E-state index < -0.39 is 0 Å². The molecular formula is C13H24N2O. The molecule has 0 aliphatic heterocycles. The second kappa shape index (κ2) is 5.67. The number of rotatable bonds is 6. The van der Waals surface area contributed by atoms with Crippen LogP contribution in [-0.4, -0.2) is 24.5 Å². The first-order valence-electron chi connectivity index (χ1n) is 6.78. The van der Waals surface area contributed by atoms with Gasteiger partial charge in [0.2, 0.25) is 5.91 Å². The third-order valence-electron chi connectivity index (χ3n) is 3.79. The van der Waals surface area contributed by atoms with Crippen LogP contribution in [0.5, 0.6) is 0 Å². The summed E-state index contributed by atoms with van der Waals surface area (Å²) in [4.78, 5) is 11.4. The van der Waals surface area contributed by atoms with E-state index in [9.17, 15) is 4.79 Å². The minimum Gasteiger partial charge on any atom is -0.353 e. The van der Waals surface area contributed by atoms with Gasteiger partial charge in [-0.3, -0.25) is 4.79 Å². The number of carbonyl (C=O) groups excluding carboxylic acids is 1. The lowest BCUT2D eigenvalue weighted by Gasteiger charge is -2.16. The average Bonchev–Trinajstić information content (AvgIpc) is 2.96. The van der Waals surface area contributed by atoms with Crippen LogP contribution in [0, 0.1) is 5.92 Å². The van der Waals surface area contributed by atoms with Gasteiger partial charge in [-0.25, -0.2) is 0 Å². The van der Waals surface area contributed by atoms with Crippen LogP contribution in [0.25, 0.3) is 0 Å². The molecule has 3 nitrogen and oxygen atoms in total. The third-order valence-corrected chi connectivity index (χ3v) is 3.79. The van der Waals surface area contributed by atoms with Gasteiger partial charge in [0.1, 0.15) is 0 Å². The Morgan fingerprint density at radius 1 is 1.25 bits per heavy atom. The van der Waals surface area contributed by atoms with Crippen LogP contribution in [0.1, 0.15) is 51.9 Å². The average molecular weight is 224 g/mol. The zero-order valence-corrected chi connectivity index (χ0v) is 10.3. The van der Waals surface area contributed by atoms with E-state index in [-0.39, 0.29) is 5.91 Å². The van der Waals surface area contributed by atoms with Gasteiger partial charge in [0, 0.05) is 18.5 Å². The lowest BCUT2D eigenvalue weighted by molar-refractivity contribution is -0.121. The topological polar surface area (TPSA) is 41.1 Å². The van der Waals surface area contributed by atoms with Gasteiger partial charge in [-0.15, -0.1) is 0 Å². The molecule has 0 aromatic rings. The molecule has 2 aliphatic carbocycles. The van der Waals surface area contributed by atoms with Crippen LogP contribution in [0.3, 0.4) is 0 Å². The lowest BCUT2D eigenvalue weighted by atomic mass is 10.1. The molecule has 0 heterocycles. The Morgan fingerprint density at radius 2 is 2.06 bits per heavy atom. The van der Waals surface area contributed by atoms with Crippen LogP contribution in [0.2, 0.25) is 0 Å². The minimum atomic E-state index is 0.240. The van der Waals surface area contributed by atoms with E-state index >= 15 is 0 Å². The molecule has 3 heteroatoms. The highest BCUT2D eigenvalue weighted by Crippen LogP contribution is 2.24. The zero-order valence-electron chi connectivity index (χ0n) is 10.3. The van der Waals surface area contributed by atoms with E-state index in [0.717, 1.165) is 18.9 Å². The normalized spacial score (nSPS) is 29.3. The SMILES string of the molecule is CC1CCCC1NCCCC(=O)NC1CC1. The van der Waals surface area contributed by atoms with Crippen molar-refractivity contribution in [2.24, 2.45) is 5.92 Å². The molecule has 0 saturated heterocycles. The first-order valence-corrected chi connectivity index (χ1v) is 6.78. The molecule has 1 amide bonds. The van der Waals surface area contributed by atoms with Gasteiger partial charge in [0.15, 0.2) is 0 Å². The second-order valence-electron chi connectivity index (χ2n) is 5.41. The number of hydrogen-bond donors (Lipinski definition) is 2. The van der Waals surface area contributed by atoms with Crippen molar-refractivity contribution in [1.82, 2.24) is 10.6 Å². The summed E-state index contributed by atoms with van der Waals surface area (Å²) in [7, 11) is 0. The molecule has 2 N–H and O–H groups in total. The maximum absolute atomic E-state index is 11.4. The molecule has 92 valence electrons. The van der Waals surface area contributed by atoms with Gasteiger partial charge < -0.3 is 10.6 Å².